The Morgan fingerprint density at radius 1 is 1.12 bits per heavy atom. The molecule has 1 amide bonds. The highest BCUT2D eigenvalue weighted by atomic mass is 35.5. The highest BCUT2D eigenvalue weighted by Gasteiger charge is 2.29. The summed E-state index contributed by atoms with van der Waals surface area (Å²) in [6.07, 6.45) is -0.307. The minimum atomic E-state index is -0.307. The Hall–Kier alpha value is -2.15. The summed E-state index contributed by atoms with van der Waals surface area (Å²) >= 11 is 6.57. The van der Waals surface area contributed by atoms with Crippen LogP contribution >= 0.6 is 36.4 Å². The molecule has 2 aromatic carbocycles. The summed E-state index contributed by atoms with van der Waals surface area (Å²) in [5, 5.41) is 3.90. The molecule has 0 spiro atoms. The Morgan fingerprint density at radius 3 is 2.45 bits per heavy atom. The van der Waals surface area contributed by atoms with Gasteiger partial charge in [-0.2, -0.15) is 0 Å². The number of hydrogen-bond donors (Lipinski definition) is 1. The summed E-state index contributed by atoms with van der Waals surface area (Å²) in [7, 11) is 0. The van der Waals surface area contributed by atoms with Crippen molar-refractivity contribution in [3.63, 3.8) is 0 Å². The number of rotatable bonds is 5. The number of hydrogen-bond acceptors (Lipinski definition) is 4. The first kappa shape index (κ1) is 27.1. The van der Waals surface area contributed by atoms with E-state index in [4.69, 9.17) is 21.3 Å². The lowest BCUT2D eigenvalue weighted by atomic mass is 9.95. The van der Waals surface area contributed by atoms with Crippen LogP contribution in [-0.4, -0.2) is 48.3 Å². The molecule has 2 heterocycles. The molecule has 0 aliphatic carbocycles. The molecule has 3 aromatic rings. The van der Waals surface area contributed by atoms with Gasteiger partial charge in [0.1, 0.15) is 6.23 Å². The van der Waals surface area contributed by atoms with Gasteiger partial charge in [-0.3, -0.25) is 9.78 Å². The van der Waals surface area contributed by atoms with E-state index >= 15 is 0 Å². The number of nitrogens with one attached hydrogen (secondary N) is 1. The maximum Gasteiger partial charge on any atom is 0.258 e. The third-order valence-electron chi connectivity index (χ3n) is 5.51. The molecule has 1 N–H and O–H groups in total. The van der Waals surface area contributed by atoms with Crippen LogP contribution in [0.1, 0.15) is 23.0 Å². The topological polar surface area (TPSA) is 54.5 Å². The lowest BCUT2D eigenvalue weighted by Gasteiger charge is -2.34. The number of carbonyl (C=O) groups excluding carboxylic acids is 1. The molecule has 1 aliphatic rings. The van der Waals surface area contributed by atoms with Gasteiger partial charge in [0.05, 0.1) is 23.6 Å². The van der Waals surface area contributed by atoms with Gasteiger partial charge in [0.2, 0.25) is 0 Å². The van der Waals surface area contributed by atoms with E-state index in [-0.39, 0.29) is 36.9 Å². The molecule has 0 saturated carbocycles. The van der Waals surface area contributed by atoms with Crippen LogP contribution in [0.2, 0.25) is 5.02 Å². The molecule has 1 unspecified atom stereocenters. The molecule has 1 atom stereocenters. The number of morpholine rings is 1. The molecule has 5 nitrogen and oxygen atoms in total. The van der Waals surface area contributed by atoms with Crippen LogP contribution in [0.3, 0.4) is 0 Å². The Kier molecular flexibility index (Phi) is 10.1. The molecule has 0 radical (unpaired) electrons. The lowest BCUT2D eigenvalue weighted by molar-refractivity contribution is -0.0588. The van der Waals surface area contributed by atoms with Crippen molar-refractivity contribution in [2.75, 3.05) is 26.2 Å². The van der Waals surface area contributed by atoms with Crippen molar-refractivity contribution in [1.82, 2.24) is 15.2 Å². The van der Waals surface area contributed by atoms with Gasteiger partial charge in [0.15, 0.2) is 0 Å². The smallest absolute Gasteiger partial charge is 0.258 e. The number of ether oxygens (including phenoxy) is 1. The van der Waals surface area contributed by atoms with Gasteiger partial charge in [0.25, 0.3) is 5.91 Å². The second kappa shape index (κ2) is 12.4. The molecule has 1 saturated heterocycles. The molecular formula is C25H28Cl3N3O2. The van der Waals surface area contributed by atoms with Crippen LogP contribution in [-0.2, 0) is 4.74 Å². The van der Waals surface area contributed by atoms with Crippen LogP contribution < -0.4 is 5.32 Å². The molecule has 4 rings (SSSR count). The fourth-order valence-electron chi connectivity index (χ4n) is 3.96. The van der Waals surface area contributed by atoms with Gasteiger partial charge in [-0.25, -0.2) is 0 Å². The summed E-state index contributed by atoms with van der Waals surface area (Å²) in [4.78, 5) is 20.3. The monoisotopic (exact) mass is 507 g/mol. The lowest BCUT2D eigenvalue weighted by Crippen LogP contribution is -2.51. The molecule has 1 aliphatic heterocycles. The first-order chi connectivity index (χ1) is 15.1. The van der Waals surface area contributed by atoms with E-state index in [2.05, 4.69) is 5.32 Å². The minimum absolute atomic E-state index is 0. The zero-order valence-electron chi connectivity index (χ0n) is 18.6. The fraction of sp³-hybridized carbons (Fsp3) is 0.280. The molecule has 33 heavy (non-hydrogen) atoms. The summed E-state index contributed by atoms with van der Waals surface area (Å²) in [6, 6.07) is 19.5. The summed E-state index contributed by atoms with van der Waals surface area (Å²) in [5.41, 5.74) is 4.62. The van der Waals surface area contributed by atoms with E-state index in [1.807, 2.05) is 74.5 Å². The fourth-order valence-corrected chi connectivity index (χ4v) is 4.20. The highest BCUT2D eigenvalue weighted by Crippen LogP contribution is 2.35. The number of benzene rings is 2. The minimum Gasteiger partial charge on any atom is -0.356 e. The third-order valence-corrected chi connectivity index (χ3v) is 5.83. The maximum absolute atomic E-state index is 13.8. The Balaban J connectivity index is 0.00000193. The number of pyridine rings is 1. The highest BCUT2D eigenvalue weighted by molar-refractivity contribution is 6.33. The molecular weight excluding hydrogens is 481 g/mol. The normalized spacial score (nSPS) is 15.2. The van der Waals surface area contributed by atoms with E-state index in [0.717, 1.165) is 28.9 Å². The quantitative estimate of drug-likeness (QED) is 0.485. The third kappa shape index (κ3) is 5.86. The van der Waals surface area contributed by atoms with Crippen molar-refractivity contribution in [3.8, 4) is 22.4 Å². The molecule has 8 heteroatoms. The Bertz CT molecular complexity index is 1070. The number of halogens is 3. The second-order valence-corrected chi connectivity index (χ2v) is 7.89. The van der Waals surface area contributed by atoms with Crippen molar-refractivity contribution < 1.29 is 9.53 Å². The number of amides is 1. The average Bonchev–Trinajstić information content (AvgIpc) is 2.80. The van der Waals surface area contributed by atoms with Gasteiger partial charge in [0, 0.05) is 35.8 Å². The van der Waals surface area contributed by atoms with Crippen molar-refractivity contribution >= 4 is 42.3 Å². The maximum atomic E-state index is 13.8. The van der Waals surface area contributed by atoms with E-state index < -0.39 is 0 Å². The van der Waals surface area contributed by atoms with Crippen molar-refractivity contribution in [2.24, 2.45) is 0 Å². The zero-order chi connectivity index (χ0) is 21.8. The van der Waals surface area contributed by atoms with Gasteiger partial charge in [-0.1, -0.05) is 60.1 Å². The standard InChI is InChI=1S/C25H26ClN3O2.2ClH/c1-3-29(23-16-27-13-14-31-23)25(30)24-17(2)28-22(18-9-5-4-6-10-18)15-20(24)19-11-7-8-12-21(19)26;;/h4-12,15,23,27H,3,13-14,16H2,1-2H3;2*1H. The molecule has 0 bridgehead atoms. The first-order valence-electron chi connectivity index (χ1n) is 10.6. The van der Waals surface area contributed by atoms with Crippen LogP contribution in [0.15, 0.2) is 60.7 Å². The van der Waals surface area contributed by atoms with Gasteiger partial charge >= 0.3 is 0 Å². The van der Waals surface area contributed by atoms with Crippen LogP contribution in [0.5, 0.6) is 0 Å². The van der Waals surface area contributed by atoms with Crippen molar-refractivity contribution in [2.45, 2.75) is 20.1 Å². The predicted molar refractivity (Wildman–Crippen MR) is 139 cm³/mol. The van der Waals surface area contributed by atoms with Crippen molar-refractivity contribution in [1.29, 1.82) is 0 Å². The number of aromatic nitrogens is 1. The van der Waals surface area contributed by atoms with E-state index in [0.29, 0.717) is 36.0 Å². The zero-order valence-corrected chi connectivity index (χ0v) is 21.0. The number of aryl methyl sites for hydroxylation is 1. The second-order valence-electron chi connectivity index (χ2n) is 7.48. The van der Waals surface area contributed by atoms with Gasteiger partial charge in [-0.15, -0.1) is 24.8 Å². The van der Waals surface area contributed by atoms with Gasteiger partial charge < -0.3 is 15.0 Å². The number of likely N-dealkylation sites (N-methyl/N-ethyl adjacent to an activating group) is 1. The predicted octanol–water partition coefficient (Wildman–Crippen LogP) is 5.63. The molecule has 176 valence electrons. The largest absolute Gasteiger partial charge is 0.356 e. The summed E-state index contributed by atoms with van der Waals surface area (Å²) < 4.78 is 5.87. The SMILES string of the molecule is CCN(C(=O)c1c(-c2ccccc2Cl)cc(-c2ccccc2)nc1C)C1CNCCO1.Cl.Cl. The van der Waals surface area contributed by atoms with Crippen LogP contribution in [0.25, 0.3) is 22.4 Å². The Labute approximate surface area is 212 Å². The van der Waals surface area contributed by atoms with Crippen LogP contribution in [0.4, 0.5) is 0 Å². The van der Waals surface area contributed by atoms with E-state index in [1.54, 1.807) is 4.90 Å². The summed E-state index contributed by atoms with van der Waals surface area (Å²) in [6.45, 7) is 6.36. The summed E-state index contributed by atoms with van der Waals surface area (Å²) in [5.74, 6) is -0.101. The van der Waals surface area contributed by atoms with E-state index in [1.165, 1.54) is 0 Å². The molecule has 1 aromatic heterocycles. The average molecular weight is 509 g/mol. The van der Waals surface area contributed by atoms with Crippen LogP contribution in [0, 0.1) is 6.92 Å². The van der Waals surface area contributed by atoms with Crippen molar-refractivity contribution in [3.05, 3.63) is 76.9 Å². The van der Waals surface area contributed by atoms with Gasteiger partial charge in [-0.05, 0) is 31.5 Å². The number of carbonyl (C=O) groups is 1. The molecule has 1 fully saturated rings. The Morgan fingerprint density at radius 2 is 1.82 bits per heavy atom. The van der Waals surface area contributed by atoms with E-state index in [9.17, 15) is 4.79 Å². The number of nitrogens with zero attached hydrogens (tertiary/aromatic N) is 2. The first-order valence-corrected chi connectivity index (χ1v) is 10.9.